The van der Waals surface area contributed by atoms with Crippen molar-refractivity contribution in [3.8, 4) is 0 Å². The summed E-state index contributed by atoms with van der Waals surface area (Å²) in [5.41, 5.74) is 1.21. The van der Waals surface area contributed by atoms with Gasteiger partial charge in [-0.2, -0.15) is 0 Å². The maximum atomic E-state index is 12.4. The zero-order valence-electron chi connectivity index (χ0n) is 15.7. The molecule has 2 aliphatic rings. The molecular formula is C18H24N4O5S. The quantitative estimate of drug-likeness (QED) is 0.610. The van der Waals surface area contributed by atoms with Gasteiger partial charge in [-0.15, -0.1) is 11.3 Å². The molecular weight excluding hydrogens is 384 g/mol. The predicted octanol–water partition coefficient (Wildman–Crippen LogP) is 0.876. The second kappa shape index (κ2) is 9.76. The normalized spacial score (nSPS) is 20.5. The maximum absolute atomic E-state index is 12.4. The van der Waals surface area contributed by atoms with Crippen LogP contribution in [-0.4, -0.2) is 78.3 Å². The fraction of sp³-hybridized carbons (Fsp3) is 0.556. The number of ether oxygens (including phenoxy) is 2. The summed E-state index contributed by atoms with van der Waals surface area (Å²) in [7, 11) is 0. The lowest BCUT2D eigenvalue weighted by Gasteiger charge is -2.37. The van der Waals surface area contributed by atoms with Crippen molar-refractivity contribution in [1.29, 1.82) is 0 Å². The van der Waals surface area contributed by atoms with Gasteiger partial charge in [0, 0.05) is 42.8 Å². The largest absolute Gasteiger partial charge is 0.481 e. The first kappa shape index (κ1) is 20.4. The molecule has 1 aromatic heterocycles. The molecule has 1 saturated heterocycles. The Morgan fingerprint density at radius 3 is 3.07 bits per heavy atom. The van der Waals surface area contributed by atoms with Crippen LogP contribution >= 0.6 is 11.3 Å². The number of carbonyl (C=O) groups excluding carboxylic acids is 1. The average Bonchev–Trinajstić information content (AvgIpc) is 3.22. The Labute approximate surface area is 167 Å². The molecule has 0 saturated carbocycles. The highest BCUT2D eigenvalue weighted by molar-refractivity contribution is 7.11. The van der Waals surface area contributed by atoms with Crippen LogP contribution in [0.1, 0.15) is 24.8 Å². The molecule has 1 aromatic rings. The number of thiazole rings is 1. The Kier molecular flexibility index (Phi) is 7.12. The van der Waals surface area contributed by atoms with E-state index in [1.165, 1.54) is 11.3 Å². The van der Waals surface area contributed by atoms with Crippen LogP contribution in [0.2, 0.25) is 0 Å². The van der Waals surface area contributed by atoms with Crippen molar-refractivity contribution in [1.82, 2.24) is 15.2 Å². The lowest BCUT2D eigenvalue weighted by Crippen LogP contribution is -2.49. The van der Waals surface area contributed by atoms with Gasteiger partial charge in [-0.05, 0) is 13.3 Å². The topological polar surface area (TPSA) is 113 Å². The SMILES string of the molecule is CCOC(=O)C1=C(CN2CCOCC2CCC(=O)O)NC(c2nccs2)=NC1. The van der Waals surface area contributed by atoms with Crippen LogP contribution < -0.4 is 5.32 Å². The molecule has 0 amide bonds. The van der Waals surface area contributed by atoms with Gasteiger partial charge in [0.15, 0.2) is 10.8 Å². The number of nitrogens with one attached hydrogen (secondary N) is 1. The minimum Gasteiger partial charge on any atom is -0.481 e. The van der Waals surface area contributed by atoms with E-state index in [9.17, 15) is 9.59 Å². The van der Waals surface area contributed by atoms with Crippen molar-refractivity contribution in [2.75, 3.05) is 39.5 Å². The number of hydrogen-bond donors (Lipinski definition) is 2. The molecule has 2 aliphatic heterocycles. The van der Waals surface area contributed by atoms with Gasteiger partial charge in [0.25, 0.3) is 0 Å². The lowest BCUT2D eigenvalue weighted by atomic mass is 10.1. The van der Waals surface area contributed by atoms with E-state index >= 15 is 0 Å². The fourth-order valence-electron chi connectivity index (χ4n) is 3.17. The first-order valence-corrected chi connectivity index (χ1v) is 10.1. The van der Waals surface area contributed by atoms with Gasteiger partial charge in [0.2, 0.25) is 0 Å². The molecule has 0 spiro atoms. The molecule has 1 atom stereocenters. The highest BCUT2D eigenvalue weighted by Crippen LogP contribution is 2.19. The molecule has 9 nitrogen and oxygen atoms in total. The van der Waals surface area contributed by atoms with Gasteiger partial charge in [0.05, 0.1) is 31.9 Å². The summed E-state index contributed by atoms with van der Waals surface area (Å²) in [6.45, 7) is 4.45. The number of esters is 1. The molecule has 0 bridgehead atoms. The van der Waals surface area contributed by atoms with Gasteiger partial charge in [-0.3, -0.25) is 14.7 Å². The molecule has 1 fully saturated rings. The summed E-state index contributed by atoms with van der Waals surface area (Å²) in [6.07, 6.45) is 2.27. The van der Waals surface area contributed by atoms with Crippen molar-refractivity contribution in [3.05, 3.63) is 27.9 Å². The minimum absolute atomic E-state index is 0.0234. The molecule has 3 heterocycles. The highest BCUT2D eigenvalue weighted by atomic mass is 32.1. The summed E-state index contributed by atoms with van der Waals surface area (Å²) in [6, 6.07) is -0.0234. The summed E-state index contributed by atoms with van der Waals surface area (Å²) >= 11 is 1.47. The second-order valence-electron chi connectivity index (χ2n) is 6.44. The van der Waals surface area contributed by atoms with Crippen LogP contribution in [0, 0.1) is 0 Å². The smallest absolute Gasteiger partial charge is 0.337 e. The number of morpholine rings is 1. The standard InChI is InChI=1S/C18H24N4O5S/c1-2-27-18(25)13-9-20-16(17-19-5-8-28-17)21-14(13)10-22-6-7-26-11-12(22)3-4-15(23)24/h5,8,12H,2-4,6-7,9-11H2,1H3,(H,20,21)(H,23,24). The van der Waals surface area contributed by atoms with Crippen LogP contribution in [0.5, 0.6) is 0 Å². The summed E-state index contributed by atoms with van der Waals surface area (Å²) in [4.78, 5) is 34.3. The first-order valence-electron chi connectivity index (χ1n) is 9.22. The molecule has 2 N–H and O–H groups in total. The lowest BCUT2D eigenvalue weighted by molar-refractivity contribution is -0.139. The van der Waals surface area contributed by atoms with Crippen LogP contribution in [-0.2, 0) is 19.1 Å². The molecule has 0 aromatic carbocycles. The monoisotopic (exact) mass is 408 g/mol. The van der Waals surface area contributed by atoms with Crippen molar-refractivity contribution in [3.63, 3.8) is 0 Å². The number of aliphatic carboxylic acids is 1. The van der Waals surface area contributed by atoms with Gasteiger partial charge >= 0.3 is 11.9 Å². The number of aliphatic imine (C=N–C) groups is 1. The third-order valence-corrected chi connectivity index (χ3v) is 5.37. The van der Waals surface area contributed by atoms with Gasteiger partial charge < -0.3 is 19.9 Å². The zero-order valence-corrected chi connectivity index (χ0v) is 16.5. The van der Waals surface area contributed by atoms with E-state index in [-0.39, 0.29) is 31.6 Å². The summed E-state index contributed by atoms with van der Waals surface area (Å²) in [5, 5.41) is 14.9. The van der Waals surface area contributed by atoms with Gasteiger partial charge in [0.1, 0.15) is 0 Å². The third-order valence-electron chi connectivity index (χ3n) is 4.59. The van der Waals surface area contributed by atoms with E-state index in [0.29, 0.717) is 44.1 Å². The number of amidine groups is 1. The van der Waals surface area contributed by atoms with Gasteiger partial charge in [-0.25, -0.2) is 9.78 Å². The van der Waals surface area contributed by atoms with Crippen LogP contribution in [0.3, 0.4) is 0 Å². The van der Waals surface area contributed by atoms with E-state index < -0.39 is 5.97 Å². The number of aromatic nitrogens is 1. The van der Waals surface area contributed by atoms with Crippen LogP contribution in [0.15, 0.2) is 27.8 Å². The molecule has 10 heteroatoms. The predicted molar refractivity (Wildman–Crippen MR) is 103 cm³/mol. The number of rotatable bonds is 8. The Hall–Kier alpha value is -2.30. The van der Waals surface area contributed by atoms with Crippen molar-refractivity contribution in [2.24, 2.45) is 4.99 Å². The number of carboxylic acids is 1. The van der Waals surface area contributed by atoms with Gasteiger partial charge in [-0.1, -0.05) is 0 Å². The second-order valence-corrected chi connectivity index (χ2v) is 7.33. The van der Waals surface area contributed by atoms with E-state index in [0.717, 1.165) is 10.7 Å². The Bertz CT molecular complexity index is 762. The highest BCUT2D eigenvalue weighted by Gasteiger charge is 2.29. The summed E-state index contributed by atoms with van der Waals surface area (Å²) in [5.74, 6) is -0.582. The number of carbonyl (C=O) groups is 2. The van der Waals surface area contributed by atoms with Crippen molar-refractivity contribution in [2.45, 2.75) is 25.8 Å². The Morgan fingerprint density at radius 1 is 1.50 bits per heavy atom. The molecule has 3 rings (SSSR count). The zero-order chi connectivity index (χ0) is 19.9. The van der Waals surface area contributed by atoms with E-state index in [4.69, 9.17) is 14.6 Å². The molecule has 28 heavy (non-hydrogen) atoms. The Morgan fingerprint density at radius 2 is 2.36 bits per heavy atom. The Balaban J connectivity index is 1.78. The first-order chi connectivity index (χ1) is 13.6. The number of hydrogen-bond acceptors (Lipinski definition) is 9. The summed E-state index contributed by atoms with van der Waals surface area (Å²) < 4.78 is 10.7. The van der Waals surface area contributed by atoms with E-state index in [2.05, 4.69) is 20.2 Å². The minimum atomic E-state index is -0.828. The number of carboxylic acid groups (broad SMARTS) is 1. The van der Waals surface area contributed by atoms with Crippen LogP contribution in [0.4, 0.5) is 0 Å². The molecule has 0 aliphatic carbocycles. The molecule has 0 radical (unpaired) electrons. The molecule has 152 valence electrons. The number of nitrogens with zero attached hydrogens (tertiary/aromatic N) is 3. The van der Waals surface area contributed by atoms with Crippen molar-refractivity contribution < 1.29 is 24.2 Å². The molecule has 1 unspecified atom stereocenters. The van der Waals surface area contributed by atoms with Crippen molar-refractivity contribution >= 4 is 29.1 Å². The maximum Gasteiger partial charge on any atom is 0.337 e. The van der Waals surface area contributed by atoms with E-state index in [1.807, 2.05) is 5.38 Å². The third kappa shape index (κ3) is 5.15. The van der Waals surface area contributed by atoms with E-state index in [1.54, 1.807) is 13.1 Å². The van der Waals surface area contributed by atoms with Crippen LogP contribution in [0.25, 0.3) is 0 Å². The average molecular weight is 408 g/mol. The fourth-order valence-corrected chi connectivity index (χ4v) is 3.77.